The molecule has 3 rings (SSSR count). The number of amides is 2. The molecule has 0 saturated heterocycles. The Bertz CT molecular complexity index is 1310. The second-order valence-electron chi connectivity index (χ2n) is 8.31. The van der Waals surface area contributed by atoms with Crippen LogP contribution in [0.25, 0.3) is 11.1 Å². The van der Waals surface area contributed by atoms with Crippen LogP contribution >= 0.6 is 11.6 Å². The number of esters is 1. The molecule has 3 aromatic rings. The van der Waals surface area contributed by atoms with Gasteiger partial charge in [-0.3, -0.25) is 14.5 Å². The molecule has 10 heteroatoms. The normalized spacial score (nSPS) is 11.2. The number of benzene rings is 3. The minimum absolute atomic E-state index is 0.0371. The lowest BCUT2D eigenvalue weighted by Crippen LogP contribution is -2.43. The van der Waals surface area contributed by atoms with Gasteiger partial charge in [-0.05, 0) is 34.4 Å². The number of nitrogens with zero attached hydrogens (tertiary/aromatic N) is 1. The standard InChI is InChI=1S/C28H27ClN2O7/c1-37-27(35)24(30-26(34)22-9-5-6-10-23(22)29)15-18-11-13-19(14-12-18)21-8-4-3-7-20(21)16-31(17-25(32)33)28(36)38-2/h3-14,24H,15-17H2,1-2H3,(H,30,34)(H,32,33)/t24-/m0/s1. The molecule has 0 aromatic heterocycles. The molecule has 198 valence electrons. The molecule has 0 aliphatic rings. The zero-order valence-electron chi connectivity index (χ0n) is 20.8. The quantitative estimate of drug-likeness (QED) is 0.371. The van der Waals surface area contributed by atoms with Crippen molar-refractivity contribution in [1.82, 2.24) is 10.2 Å². The second-order valence-corrected chi connectivity index (χ2v) is 8.71. The van der Waals surface area contributed by atoms with E-state index in [4.69, 9.17) is 26.2 Å². The summed E-state index contributed by atoms with van der Waals surface area (Å²) < 4.78 is 9.61. The maximum atomic E-state index is 12.7. The molecule has 3 aromatic carbocycles. The van der Waals surface area contributed by atoms with Crippen molar-refractivity contribution in [1.29, 1.82) is 0 Å². The van der Waals surface area contributed by atoms with E-state index in [0.717, 1.165) is 27.2 Å². The SMILES string of the molecule is COC(=O)[C@H](Cc1ccc(-c2ccccc2CN(CC(=O)O)C(=O)OC)cc1)NC(=O)c1ccccc1Cl. The lowest BCUT2D eigenvalue weighted by atomic mass is 9.96. The highest BCUT2D eigenvalue weighted by Gasteiger charge is 2.24. The van der Waals surface area contributed by atoms with E-state index in [1.807, 2.05) is 36.4 Å². The molecule has 0 bridgehead atoms. The van der Waals surface area contributed by atoms with Gasteiger partial charge in [0.2, 0.25) is 0 Å². The number of rotatable bonds is 10. The highest BCUT2D eigenvalue weighted by Crippen LogP contribution is 2.26. The molecule has 38 heavy (non-hydrogen) atoms. The van der Waals surface area contributed by atoms with Gasteiger partial charge in [0.15, 0.2) is 0 Å². The van der Waals surface area contributed by atoms with Gasteiger partial charge >= 0.3 is 18.0 Å². The topological polar surface area (TPSA) is 122 Å². The minimum Gasteiger partial charge on any atom is -0.480 e. The van der Waals surface area contributed by atoms with Gasteiger partial charge in [-0.2, -0.15) is 0 Å². The van der Waals surface area contributed by atoms with Crippen molar-refractivity contribution in [3.63, 3.8) is 0 Å². The molecule has 0 fully saturated rings. The Kier molecular flexibility index (Phi) is 9.84. The molecule has 2 amide bonds. The summed E-state index contributed by atoms with van der Waals surface area (Å²) in [6.07, 6.45) is -0.565. The number of carbonyl (C=O) groups excluding carboxylic acids is 3. The Hall–Kier alpha value is -4.37. The number of carboxylic acid groups (broad SMARTS) is 1. The maximum Gasteiger partial charge on any atom is 0.410 e. The largest absolute Gasteiger partial charge is 0.480 e. The van der Waals surface area contributed by atoms with Crippen molar-refractivity contribution in [2.75, 3.05) is 20.8 Å². The summed E-state index contributed by atoms with van der Waals surface area (Å²) in [5, 5.41) is 12.1. The monoisotopic (exact) mass is 538 g/mol. The summed E-state index contributed by atoms with van der Waals surface area (Å²) in [4.78, 5) is 49.5. The van der Waals surface area contributed by atoms with Crippen LogP contribution in [0.1, 0.15) is 21.5 Å². The Balaban J connectivity index is 1.80. The lowest BCUT2D eigenvalue weighted by molar-refractivity contribution is -0.143. The molecule has 0 heterocycles. The van der Waals surface area contributed by atoms with Crippen molar-refractivity contribution in [3.05, 3.63) is 94.5 Å². The second kappa shape index (κ2) is 13.3. The predicted octanol–water partition coefficient (Wildman–Crippen LogP) is 4.17. The first-order valence-electron chi connectivity index (χ1n) is 11.6. The summed E-state index contributed by atoms with van der Waals surface area (Å²) >= 11 is 6.11. The van der Waals surface area contributed by atoms with Crippen molar-refractivity contribution in [2.24, 2.45) is 0 Å². The summed E-state index contributed by atoms with van der Waals surface area (Å²) in [5.74, 6) is -2.24. The van der Waals surface area contributed by atoms with E-state index >= 15 is 0 Å². The van der Waals surface area contributed by atoms with E-state index in [-0.39, 0.29) is 23.6 Å². The molecule has 0 aliphatic heterocycles. The Morgan fingerprint density at radius 2 is 1.58 bits per heavy atom. The van der Waals surface area contributed by atoms with Gasteiger partial charge in [-0.15, -0.1) is 0 Å². The van der Waals surface area contributed by atoms with Crippen molar-refractivity contribution < 1.29 is 33.8 Å². The van der Waals surface area contributed by atoms with E-state index in [1.165, 1.54) is 14.2 Å². The fourth-order valence-electron chi connectivity index (χ4n) is 3.90. The third kappa shape index (κ3) is 7.33. The van der Waals surface area contributed by atoms with Gasteiger partial charge < -0.3 is 19.9 Å². The van der Waals surface area contributed by atoms with Gasteiger partial charge in [0.25, 0.3) is 5.91 Å². The predicted molar refractivity (Wildman–Crippen MR) is 141 cm³/mol. The fourth-order valence-corrected chi connectivity index (χ4v) is 4.12. The van der Waals surface area contributed by atoms with Crippen molar-refractivity contribution in [2.45, 2.75) is 19.0 Å². The summed E-state index contributed by atoms with van der Waals surface area (Å²) in [5.41, 5.74) is 3.36. The molecule has 1 atom stereocenters. The van der Waals surface area contributed by atoms with E-state index in [9.17, 15) is 19.2 Å². The van der Waals surface area contributed by atoms with E-state index in [2.05, 4.69) is 5.32 Å². The number of carboxylic acids is 1. The molecule has 0 unspecified atom stereocenters. The number of nitrogens with one attached hydrogen (secondary N) is 1. The van der Waals surface area contributed by atoms with Gasteiger partial charge in [-0.25, -0.2) is 9.59 Å². The molecule has 9 nitrogen and oxygen atoms in total. The van der Waals surface area contributed by atoms with Crippen LogP contribution in [0.4, 0.5) is 4.79 Å². The molecule has 2 N–H and O–H groups in total. The lowest BCUT2D eigenvalue weighted by Gasteiger charge is -2.21. The van der Waals surface area contributed by atoms with E-state index in [0.29, 0.717) is 0 Å². The molecule has 0 spiro atoms. The van der Waals surface area contributed by atoms with Gasteiger partial charge in [0.1, 0.15) is 12.6 Å². The first kappa shape index (κ1) is 28.2. The minimum atomic E-state index is -1.15. The van der Waals surface area contributed by atoms with Crippen LogP contribution in [0.2, 0.25) is 5.02 Å². The van der Waals surface area contributed by atoms with Gasteiger partial charge in [0.05, 0.1) is 31.4 Å². The summed E-state index contributed by atoms with van der Waals surface area (Å²) in [6.45, 7) is -0.468. The van der Waals surface area contributed by atoms with Gasteiger partial charge in [0, 0.05) is 6.42 Å². The van der Waals surface area contributed by atoms with Crippen molar-refractivity contribution >= 4 is 35.5 Å². The average molecular weight is 539 g/mol. The third-order valence-electron chi connectivity index (χ3n) is 5.75. The van der Waals surface area contributed by atoms with Gasteiger partial charge in [-0.1, -0.05) is 72.3 Å². The number of carbonyl (C=O) groups is 4. The summed E-state index contributed by atoms with van der Waals surface area (Å²) in [7, 11) is 2.44. The highest BCUT2D eigenvalue weighted by molar-refractivity contribution is 6.33. The highest BCUT2D eigenvalue weighted by atomic mass is 35.5. The average Bonchev–Trinajstić information content (AvgIpc) is 2.92. The van der Waals surface area contributed by atoms with Crippen LogP contribution in [0.3, 0.4) is 0 Å². The van der Waals surface area contributed by atoms with E-state index in [1.54, 1.807) is 36.4 Å². The zero-order valence-corrected chi connectivity index (χ0v) is 21.6. The fraction of sp³-hybridized carbons (Fsp3) is 0.214. The van der Waals surface area contributed by atoms with Crippen LogP contribution in [0.15, 0.2) is 72.8 Å². The first-order valence-corrected chi connectivity index (χ1v) is 12.0. The molecular formula is C28H27ClN2O7. The molecular weight excluding hydrogens is 512 g/mol. The van der Waals surface area contributed by atoms with Crippen LogP contribution in [-0.4, -0.2) is 60.8 Å². The third-order valence-corrected chi connectivity index (χ3v) is 6.08. The number of hydrogen-bond acceptors (Lipinski definition) is 6. The zero-order chi connectivity index (χ0) is 27.7. The molecule has 0 aliphatic carbocycles. The Labute approximate surface area is 224 Å². The van der Waals surface area contributed by atoms with Crippen molar-refractivity contribution in [3.8, 4) is 11.1 Å². The van der Waals surface area contributed by atoms with Crippen LogP contribution in [-0.2, 0) is 32.0 Å². The molecule has 0 radical (unpaired) electrons. The number of methoxy groups -OCH3 is 2. The maximum absolute atomic E-state index is 12.7. The van der Waals surface area contributed by atoms with E-state index < -0.39 is 36.5 Å². The Morgan fingerprint density at radius 3 is 2.21 bits per heavy atom. The smallest absolute Gasteiger partial charge is 0.410 e. The number of hydrogen-bond donors (Lipinski definition) is 2. The van der Waals surface area contributed by atoms with Crippen LogP contribution < -0.4 is 5.32 Å². The number of halogens is 1. The summed E-state index contributed by atoms with van der Waals surface area (Å²) in [6, 6.07) is 20.2. The van der Waals surface area contributed by atoms with Crippen LogP contribution in [0.5, 0.6) is 0 Å². The Morgan fingerprint density at radius 1 is 0.921 bits per heavy atom. The molecule has 0 saturated carbocycles. The van der Waals surface area contributed by atoms with Crippen LogP contribution in [0, 0.1) is 0 Å². The number of aliphatic carboxylic acids is 1. The number of ether oxygens (including phenoxy) is 2. The first-order chi connectivity index (χ1) is 18.2.